The predicted molar refractivity (Wildman–Crippen MR) is 114 cm³/mol. The predicted octanol–water partition coefficient (Wildman–Crippen LogP) is 3.46. The van der Waals surface area contributed by atoms with Crippen LogP contribution in [0.4, 0.5) is 10.1 Å². The first kappa shape index (κ1) is 21.3. The van der Waals surface area contributed by atoms with Gasteiger partial charge in [0.25, 0.3) is 0 Å². The molecule has 7 heteroatoms. The van der Waals surface area contributed by atoms with Gasteiger partial charge in [0.05, 0.1) is 5.69 Å². The van der Waals surface area contributed by atoms with E-state index in [2.05, 4.69) is 21.9 Å². The van der Waals surface area contributed by atoms with Crippen LogP contribution < -0.4 is 15.5 Å². The van der Waals surface area contributed by atoms with Crippen LogP contribution in [0.1, 0.15) is 24.8 Å². The molecule has 1 saturated carbocycles. The van der Waals surface area contributed by atoms with Gasteiger partial charge in [-0.15, -0.1) is 24.0 Å². The Morgan fingerprint density at radius 3 is 2.67 bits per heavy atom. The number of aliphatic imine (C=N–C) groups is 1. The van der Waals surface area contributed by atoms with Gasteiger partial charge in [-0.3, -0.25) is 4.99 Å². The van der Waals surface area contributed by atoms with E-state index in [0.717, 1.165) is 16.8 Å². The van der Waals surface area contributed by atoms with Crippen LogP contribution in [0.3, 0.4) is 0 Å². The number of nitrogens with one attached hydrogen (secondary N) is 2. The Labute approximate surface area is 166 Å². The van der Waals surface area contributed by atoms with Crippen molar-refractivity contribution in [3.63, 3.8) is 0 Å². The minimum Gasteiger partial charge on any atom is -0.375 e. The first-order valence-corrected chi connectivity index (χ1v) is 9.28. The van der Waals surface area contributed by atoms with Crippen molar-refractivity contribution in [2.75, 3.05) is 32.3 Å². The Bertz CT molecular complexity index is 553. The molecule has 136 valence electrons. The van der Waals surface area contributed by atoms with E-state index >= 15 is 0 Å². The van der Waals surface area contributed by atoms with Crippen LogP contribution in [0.25, 0.3) is 0 Å². The fourth-order valence-electron chi connectivity index (χ4n) is 2.88. The summed E-state index contributed by atoms with van der Waals surface area (Å²) in [6.45, 7) is 0.559. The number of anilines is 1. The third kappa shape index (κ3) is 5.98. The molecule has 0 bridgehead atoms. The second-order valence-corrected chi connectivity index (χ2v) is 7.26. The summed E-state index contributed by atoms with van der Waals surface area (Å²) in [5, 5.41) is 7.49. The fraction of sp³-hybridized carbons (Fsp3) is 0.588. The third-order valence-corrected chi connectivity index (χ3v) is 5.33. The lowest BCUT2D eigenvalue weighted by atomic mass is 10.2. The average Bonchev–Trinajstić information content (AvgIpc) is 2.98. The maximum absolute atomic E-state index is 14.0. The van der Waals surface area contributed by atoms with E-state index in [1.807, 2.05) is 38.0 Å². The summed E-state index contributed by atoms with van der Waals surface area (Å²) < 4.78 is 14.0. The monoisotopic (exact) mass is 466 g/mol. The molecule has 0 amide bonds. The van der Waals surface area contributed by atoms with Crippen molar-refractivity contribution in [3.05, 3.63) is 29.6 Å². The van der Waals surface area contributed by atoms with Crippen molar-refractivity contribution >= 4 is 47.4 Å². The molecule has 0 saturated heterocycles. The van der Waals surface area contributed by atoms with Crippen LogP contribution in [-0.2, 0) is 6.54 Å². The number of rotatable bonds is 5. The van der Waals surface area contributed by atoms with E-state index in [1.165, 1.54) is 19.3 Å². The Balaban J connectivity index is 0.00000288. The third-order valence-electron chi connectivity index (χ3n) is 4.24. The van der Waals surface area contributed by atoms with Gasteiger partial charge in [0.1, 0.15) is 5.82 Å². The largest absolute Gasteiger partial charge is 0.375 e. The molecular weight excluding hydrogens is 438 g/mol. The maximum atomic E-state index is 14.0. The second kappa shape index (κ2) is 10.3. The molecule has 2 atom stereocenters. The van der Waals surface area contributed by atoms with Crippen molar-refractivity contribution in [1.82, 2.24) is 10.6 Å². The molecular formula is C17H28FIN4S. The van der Waals surface area contributed by atoms with Crippen LogP contribution in [0.2, 0.25) is 0 Å². The van der Waals surface area contributed by atoms with Crippen molar-refractivity contribution in [3.8, 4) is 0 Å². The quantitative estimate of drug-likeness (QED) is 0.396. The van der Waals surface area contributed by atoms with Crippen molar-refractivity contribution in [1.29, 1.82) is 0 Å². The highest BCUT2D eigenvalue weighted by molar-refractivity contribution is 14.0. The summed E-state index contributed by atoms with van der Waals surface area (Å²) in [7, 11) is 5.45. The van der Waals surface area contributed by atoms with E-state index in [-0.39, 0.29) is 29.8 Å². The topological polar surface area (TPSA) is 39.7 Å². The average molecular weight is 466 g/mol. The molecule has 0 aliphatic heterocycles. The smallest absolute Gasteiger partial charge is 0.191 e. The summed E-state index contributed by atoms with van der Waals surface area (Å²) in [6.07, 6.45) is 5.78. The molecule has 0 aromatic heterocycles. The fourth-order valence-corrected chi connectivity index (χ4v) is 3.68. The minimum atomic E-state index is -0.198. The van der Waals surface area contributed by atoms with Gasteiger partial charge in [0, 0.05) is 39.0 Å². The van der Waals surface area contributed by atoms with Gasteiger partial charge in [-0.05, 0) is 43.2 Å². The molecule has 0 spiro atoms. The van der Waals surface area contributed by atoms with Gasteiger partial charge < -0.3 is 15.5 Å². The molecule has 1 aromatic carbocycles. The van der Waals surface area contributed by atoms with E-state index < -0.39 is 0 Å². The summed E-state index contributed by atoms with van der Waals surface area (Å²) in [5.74, 6) is 0.588. The molecule has 24 heavy (non-hydrogen) atoms. The number of hydrogen-bond donors (Lipinski definition) is 2. The number of halogens is 2. The second-order valence-electron chi connectivity index (χ2n) is 6.12. The zero-order valence-electron chi connectivity index (χ0n) is 14.8. The van der Waals surface area contributed by atoms with Crippen molar-refractivity contribution in [2.24, 2.45) is 4.99 Å². The van der Waals surface area contributed by atoms with Crippen LogP contribution >= 0.6 is 35.7 Å². The van der Waals surface area contributed by atoms with Crippen LogP contribution in [0.5, 0.6) is 0 Å². The molecule has 2 unspecified atom stereocenters. The number of guanidine groups is 1. The lowest BCUT2D eigenvalue weighted by molar-refractivity contribution is 0.611. The Morgan fingerprint density at radius 2 is 2.12 bits per heavy atom. The van der Waals surface area contributed by atoms with Crippen LogP contribution in [0.15, 0.2) is 23.2 Å². The number of nitrogens with zero attached hydrogens (tertiary/aromatic N) is 2. The number of benzene rings is 1. The highest BCUT2D eigenvalue weighted by atomic mass is 127. The molecule has 1 aliphatic rings. The molecule has 0 radical (unpaired) electrons. The van der Waals surface area contributed by atoms with Gasteiger partial charge >= 0.3 is 0 Å². The first-order chi connectivity index (χ1) is 11.0. The minimum absolute atomic E-state index is 0. The normalized spacial score (nSPS) is 20.5. The van der Waals surface area contributed by atoms with Crippen LogP contribution in [-0.4, -0.2) is 44.7 Å². The van der Waals surface area contributed by atoms with Gasteiger partial charge in [-0.1, -0.05) is 6.07 Å². The first-order valence-electron chi connectivity index (χ1n) is 7.99. The van der Waals surface area contributed by atoms with Gasteiger partial charge in [0.15, 0.2) is 5.96 Å². The SMILES string of the molecule is CN=C(NCc1ccc(N(C)C)c(F)c1)NC1CCC(SC)C1.I. The van der Waals surface area contributed by atoms with Gasteiger partial charge in [-0.2, -0.15) is 11.8 Å². The van der Waals surface area contributed by atoms with Gasteiger partial charge in [0.2, 0.25) is 0 Å². The summed E-state index contributed by atoms with van der Waals surface area (Å²) in [5.41, 5.74) is 1.51. The maximum Gasteiger partial charge on any atom is 0.191 e. The lowest BCUT2D eigenvalue weighted by Crippen LogP contribution is -2.42. The highest BCUT2D eigenvalue weighted by Gasteiger charge is 2.24. The standard InChI is InChI=1S/C17H27FN4S.HI/c1-19-17(21-13-6-7-14(10-13)23-4)20-11-12-5-8-16(22(2)3)15(18)9-12;/h5,8-9,13-14H,6-7,10-11H2,1-4H3,(H2,19,20,21);1H. The van der Waals surface area contributed by atoms with E-state index in [9.17, 15) is 4.39 Å². The molecule has 2 N–H and O–H groups in total. The van der Waals surface area contributed by atoms with Gasteiger partial charge in [-0.25, -0.2) is 4.39 Å². The summed E-state index contributed by atoms with van der Waals surface area (Å²) in [4.78, 5) is 6.04. The molecule has 2 rings (SSSR count). The summed E-state index contributed by atoms with van der Waals surface area (Å²) in [6, 6.07) is 5.81. The van der Waals surface area contributed by atoms with E-state index in [0.29, 0.717) is 18.3 Å². The molecule has 1 fully saturated rings. The zero-order chi connectivity index (χ0) is 16.8. The van der Waals surface area contributed by atoms with E-state index in [1.54, 1.807) is 18.0 Å². The van der Waals surface area contributed by atoms with Crippen molar-refractivity contribution in [2.45, 2.75) is 37.1 Å². The molecule has 1 aromatic rings. The zero-order valence-corrected chi connectivity index (χ0v) is 18.0. The van der Waals surface area contributed by atoms with Crippen molar-refractivity contribution < 1.29 is 4.39 Å². The lowest BCUT2D eigenvalue weighted by Gasteiger charge is -2.18. The number of hydrogen-bond acceptors (Lipinski definition) is 3. The summed E-state index contributed by atoms with van der Waals surface area (Å²) >= 11 is 1.94. The molecule has 0 heterocycles. The molecule has 4 nitrogen and oxygen atoms in total. The Morgan fingerprint density at radius 1 is 1.38 bits per heavy atom. The Kier molecular flexibility index (Phi) is 9.18. The van der Waals surface area contributed by atoms with E-state index in [4.69, 9.17) is 0 Å². The number of thioether (sulfide) groups is 1. The Hall–Kier alpha value is -0.700. The molecule has 1 aliphatic carbocycles. The van der Waals surface area contributed by atoms with Crippen LogP contribution in [0, 0.1) is 5.82 Å². The highest BCUT2D eigenvalue weighted by Crippen LogP contribution is 2.28.